The Morgan fingerprint density at radius 1 is 0.935 bits per heavy atom. The first-order chi connectivity index (χ1) is 15.2. The van der Waals surface area contributed by atoms with Crippen LogP contribution in [-0.4, -0.2) is 32.7 Å². The van der Waals surface area contributed by atoms with Crippen LogP contribution in [0.2, 0.25) is 0 Å². The molecule has 7 nitrogen and oxygen atoms in total. The number of hydrogen-bond donors (Lipinski definition) is 2. The van der Waals surface area contributed by atoms with Crippen LogP contribution in [0.5, 0.6) is 0 Å². The quantitative estimate of drug-likeness (QED) is 0.474. The lowest BCUT2D eigenvalue weighted by molar-refractivity contribution is 0.0710. The number of aromatic nitrogens is 4. The molecule has 31 heavy (non-hydrogen) atoms. The molecular formula is C22H20F2N6O. The molecule has 2 aromatic carbocycles. The molecule has 1 fully saturated rings. The fourth-order valence-electron chi connectivity index (χ4n) is 3.67. The van der Waals surface area contributed by atoms with Crippen molar-refractivity contribution < 1.29 is 13.5 Å². The standard InChI is InChI=1S/C22H20F2N6O/c23-14-5-7-15(8-6-14)26-21-25-13-19-20(29-21)30(16-9-11-31-12-10-16)22(28-19)27-18-4-2-1-3-17(18)24/h1-8,13,16H,9-12H2,(H,27,28)(H,25,26,29). The van der Waals surface area contributed by atoms with Gasteiger partial charge in [0.05, 0.1) is 11.9 Å². The molecular weight excluding hydrogens is 402 g/mol. The van der Waals surface area contributed by atoms with E-state index in [1.165, 1.54) is 18.2 Å². The highest BCUT2D eigenvalue weighted by Gasteiger charge is 2.24. The summed E-state index contributed by atoms with van der Waals surface area (Å²) < 4.78 is 34.9. The largest absolute Gasteiger partial charge is 0.381 e. The van der Waals surface area contributed by atoms with E-state index in [1.807, 2.05) is 4.57 Å². The summed E-state index contributed by atoms with van der Waals surface area (Å²) in [6.45, 7) is 1.27. The van der Waals surface area contributed by atoms with Crippen LogP contribution in [0.15, 0.2) is 54.7 Å². The van der Waals surface area contributed by atoms with Crippen LogP contribution < -0.4 is 10.6 Å². The summed E-state index contributed by atoms with van der Waals surface area (Å²) in [4.78, 5) is 13.6. The third-order valence-electron chi connectivity index (χ3n) is 5.21. The second kappa shape index (κ2) is 8.27. The molecule has 0 bridgehead atoms. The first-order valence-electron chi connectivity index (χ1n) is 10.0. The van der Waals surface area contributed by atoms with Crippen molar-refractivity contribution in [2.75, 3.05) is 23.8 Å². The van der Waals surface area contributed by atoms with Gasteiger partial charge in [-0.3, -0.25) is 4.57 Å². The molecule has 0 unspecified atom stereocenters. The van der Waals surface area contributed by atoms with Crippen LogP contribution in [0.4, 0.5) is 32.1 Å². The van der Waals surface area contributed by atoms with Gasteiger partial charge >= 0.3 is 0 Å². The highest BCUT2D eigenvalue weighted by molar-refractivity contribution is 5.77. The van der Waals surface area contributed by atoms with Crippen LogP contribution >= 0.6 is 0 Å². The van der Waals surface area contributed by atoms with Gasteiger partial charge < -0.3 is 15.4 Å². The van der Waals surface area contributed by atoms with Crippen LogP contribution in [0, 0.1) is 11.6 Å². The maximum Gasteiger partial charge on any atom is 0.229 e. The van der Waals surface area contributed by atoms with Crippen LogP contribution in [0.3, 0.4) is 0 Å². The number of benzene rings is 2. The maximum atomic E-state index is 14.3. The highest BCUT2D eigenvalue weighted by Crippen LogP contribution is 2.32. The summed E-state index contributed by atoms with van der Waals surface area (Å²) in [6, 6.07) is 12.5. The lowest BCUT2D eigenvalue weighted by atomic mass is 10.1. The summed E-state index contributed by atoms with van der Waals surface area (Å²) in [5, 5.41) is 6.20. The molecule has 1 aliphatic rings. The van der Waals surface area contributed by atoms with Gasteiger partial charge in [-0.25, -0.2) is 18.7 Å². The van der Waals surface area contributed by atoms with E-state index in [0.717, 1.165) is 12.8 Å². The summed E-state index contributed by atoms with van der Waals surface area (Å²) in [7, 11) is 0. The van der Waals surface area contributed by atoms with Gasteiger partial charge in [0.1, 0.15) is 17.2 Å². The Morgan fingerprint density at radius 3 is 2.48 bits per heavy atom. The first-order valence-corrected chi connectivity index (χ1v) is 10.0. The predicted octanol–water partition coefficient (Wildman–Crippen LogP) is 4.94. The lowest BCUT2D eigenvalue weighted by Crippen LogP contribution is -2.21. The lowest BCUT2D eigenvalue weighted by Gasteiger charge is -2.25. The average Bonchev–Trinajstić information content (AvgIpc) is 3.15. The number of ether oxygens (including phenoxy) is 1. The highest BCUT2D eigenvalue weighted by atomic mass is 19.1. The molecule has 0 amide bonds. The fraction of sp³-hybridized carbons (Fsp3) is 0.227. The number of imidazole rings is 1. The third-order valence-corrected chi connectivity index (χ3v) is 5.21. The van der Waals surface area contributed by atoms with E-state index in [4.69, 9.17) is 4.74 Å². The number of nitrogens with one attached hydrogen (secondary N) is 2. The van der Waals surface area contributed by atoms with Crippen molar-refractivity contribution in [1.82, 2.24) is 19.5 Å². The second-order valence-corrected chi connectivity index (χ2v) is 7.29. The van der Waals surface area contributed by atoms with E-state index in [0.29, 0.717) is 47.6 Å². The molecule has 0 saturated carbocycles. The molecule has 9 heteroatoms. The zero-order valence-electron chi connectivity index (χ0n) is 16.6. The van der Waals surface area contributed by atoms with E-state index in [2.05, 4.69) is 25.6 Å². The maximum absolute atomic E-state index is 14.3. The molecule has 0 spiro atoms. The summed E-state index contributed by atoms with van der Waals surface area (Å²) in [5.41, 5.74) is 2.23. The van der Waals surface area contributed by atoms with Gasteiger partial charge in [0.2, 0.25) is 11.9 Å². The van der Waals surface area contributed by atoms with Crippen molar-refractivity contribution in [1.29, 1.82) is 0 Å². The normalized spacial score (nSPS) is 14.6. The smallest absolute Gasteiger partial charge is 0.229 e. The number of hydrogen-bond acceptors (Lipinski definition) is 6. The molecule has 2 aromatic heterocycles. The van der Waals surface area contributed by atoms with E-state index < -0.39 is 0 Å². The number of halogens is 2. The van der Waals surface area contributed by atoms with Gasteiger partial charge in [0.25, 0.3) is 0 Å². The van der Waals surface area contributed by atoms with Crippen molar-refractivity contribution in [3.63, 3.8) is 0 Å². The van der Waals surface area contributed by atoms with Crippen molar-refractivity contribution >= 4 is 34.4 Å². The number of rotatable bonds is 5. The van der Waals surface area contributed by atoms with Crippen molar-refractivity contribution in [3.05, 3.63) is 66.4 Å². The van der Waals surface area contributed by atoms with E-state index in [1.54, 1.807) is 36.5 Å². The van der Waals surface area contributed by atoms with Crippen LogP contribution in [0.1, 0.15) is 18.9 Å². The van der Waals surface area contributed by atoms with Crippen LogP contribution in [-0.2, 0) is 4.74 Å². The Balaban J connectivity index is 1.55. The minimum atomic E-state index is -0.363. The molecule has 0 aliphatic carbocycles. The van der Waals surface area contributed by atoms with Crippen molar-refractivity contribution in [2.45, 2.75) is 18.9 Å². The molecule has 0 atom stereocenters. The van der Waals surface area contributed by atoms with Gasteiger partial charge in [-0.2, -0.15) is 4.98 Å². The van der Waals surface area contributed by atoms with E-state index >= 15 is 0 Å². The van der Waals surface area contributed by atoms with Gasteiger partial charge in [-0.05, 0) is 49.2 Å². The zero-order chi connectivity index (χ0) is 21.2. The Hall–Kier alpha value is -3.59. The van der Waals surface area contributed by atoms with Gasteiger partial charge in [0.15, 0.2) is 5.65 Å². The minimum Gasteiger partial charge on any atom is -0.381 e. The number of para-hydroxylation sites is 1. The summed E-state index contributed by atoms with van der Waals surface area (Å²) in [6.07, 6.45) is 3.21. The molecule has 1 saturated heterocycles. The molecule has 3 heterocycles. The predicted molar refractivity (Wildman–Crippen MR) is 114 cm³/mol. The number of nitrogens with zero attached hydrogens (tertiary/aromatic N) is 4. The second-order valence-electron chi connectivity index (χ2n) is 7.29. The Labute approximate surface area is 177 Å². The van der Waals surface area contributed by atoms with Gasteiger partial charge in [-0.15, -0.1) is 0 Å². The van der Waals surface area contributed by atoms with E-state index in [9.17, 15) is 8.78 Å². The number of anilines is 4. The van der Waals surface area contributed by atoms with Crippen molar-refractivity contribution in [2.24, 2.45) is 0 Å². The zero-order valence-corrected chi connectivity index (χ0v) is 16.6. The summed E-state index contributed by atoms with van der Waals surface area (Å²) >= 11 is 0. The monoisotopic (exact) mass is 422 g/mol. The Kier molecular flexibility index (Phi) is 5.17. The van der Waals surface area contributed by atoms with E-state index in [-0.39, 0.29) is 17.7 Å². The molecule has 2 N–H and O–H groups in total. The molecule has 0 radical (unpaired) electrons. The van der Waals surface area contributed by atoms with Gasteiger partial charge in [-0.1, -0.05) is 12.1 Å². The third kappa shape index (κ3) is 4.04. The van der Waals surface area contributed by atoms with Crippen molar-refractivity contribution in [3.8, 4) is 0 Å². The minimum absolute atomic E-state index is 0.0987. The molecule has 1 aliphatic heterocycles. The molecule has 158 valence electrons. The topological polar surface area (TPSA) is 76.9 Å². The summed E-state index contributed by atoms with van der Waals surface area (Å²) in [5.74, 6) is 0.186. The van der Waals surface area contributed by atoms with Gasteiger partial charge in [0, 0.05) is 24.9 Å². The Morgan fingerprint density at radius 2 is 1.71 bits per heavy atom. The SMILES string of the molecule is Fc1ccc(Nc2ncc3nc(Nc4ccccc4F)n(C4CCOCC4)c3n2)cc1. The Bertz CT molecular complexity index is 1200. The van der Waals surface area contributed by atoms with Crippen LogP contribution in [0.25, 0.3) is 11.2 Å². The first kappa shape index (κ1) is 19.4. The molecule has 5 rings (SSSR count). The molecule has 4 aromatic rings. The fourth-order valence-corrected chi connectivity index (χ4v) is 3.67. The number of fused-ring (bicyclic) bond motifs is 1. The average molecular weight is 422 g/mol.